The molecule has 0 bridgehead atoms. The molecule has 0 atom stereocenters. The molecule has 1 rings (SSSR count). The monoisotopic (exact) mass is 286 g/mol. The third-order valence-electron chi connectivity index (χ3n) is 2.20. The molecule has 2 N–H and O–H groups in total. The third-order valence-corrected chi connectivity index (χ3v) is 2.37. The third kappa shape index (κ3) is 5.69. The normalized spacial score (nSPS) is 10.1. The average molecular weight is 287 g/mol. The van der Waals surface area contributed by atoms with Crippen molar-refractivity contribution in [3.8, 4) is 0 Å². The number of halogens is 1. The molecule has 0 fully saturated rings. The predicted octanol–water partition coefficient (Wildman–Crippen LogP) is 0.919. The van der Waals surface area contributed by atoms with Crippen molar-refractivity contribution < 1.29 is 4.79 Å². The first-order chi connectivity index (χ1) is 9.02. The molecule has 1 heterocycles. The van der Waals surface area contributed by atoms with Gasteiger partial charge in [-0.05, 0) is 18.0 Å². The summed E-state index contributed by atoms with van der Waals surface area (Å²) in [4.78, 5) is 25.2. The minimum Gasteiger partial charge on any atom is -0.356 e. The van der Waals surface area contributed by atoms with Crippen molar-refractivity contribution in [2.45, 2.75) is 19.8 Å². The predicted molar refractivity (Wildman–Crippen MR) is 75.6 cm³/mol. The van der Waals surface area contributed by atoms with Gasteiger partial charge in [0.15, 0.2) is 0 Å². The highest BCUT2D eigenvalue weighted by Gasteiger charge is 2.07. The second-order valence-corrected chi connectivity index (χ2v) is 4.49. The summed E-state index contributed by atoms with van der Waals surface area (Å²) in [5, 5.41) is 5.87. The van der Waals surface area contributed by atoms with Crippen LogP contribution in [0.25, 0.3) is 0 Å². The first-order valence-corrected chi connectivity index (χ1v) is 6.50. The largest absolute Gasteiger partial charge is 0.356 e. The van der Waals surface area contributed by atoms with Gasteiger partial charge in [-0.1, -0.05) is 6.92 Å². The molecular weight excluding hydrogens is 268 g/mol. The van der Waals surface area contributed by atoms with Crippen LogP contribution < -0.4 is 15.5 Å². The molecule has 0 aliphatic carbocycles. The summed E-state index contributed by atoms with van der Waals surface area (Å²) in [7, 11) is 3.63. The molecule has 0 aromatic carbocycles. The van der Waals surface area contributed by atoms with Crippen LogP contribution in [0.15, 0.2) is 0 Å². The second kappa shape index (κ2) is 7.73. The van der Waals surface area contributed by atoms with Crippen LogP contribution in [0.5, 0.6) is 0 Å². The van der Waals surface area contributed by atoms with Gasteiger partial charge in [0.2, 0.25) is 23.1 Å². The van der Waals surface area contributed by atoms with Gasteiger partial charge >= 0.3 is 0 Å². The molecule has 0 spiro atoms. The summed E-state index contributed by atoms with van der Waals surface area (Å²) in [5.74, 6) is 0.840. The quantitative estimate of drug-likeness (QED) is 0.775. The number of nitrogens with one attached hydrogen (secondary N) is 2. The van der Waals surface area contributed by atoms with Crippen LogP contribution in [0.2, 0.25) is 5.28 Å². The molecule has 0 radical (unpaired) electrons. The van der Waals surface area contributed by atoms with Gasteiger partial charge in [-0.3, -0.25) is 4.79 Å². The molecule has 0 aliphatic rings. The van der Waals surface area contributed by atoms with Crippen LogP contribution in [0, 0.1) is 0 Å². The fourth-order valence-corrected chi connectivity index (χ4v) is 1.41. The van der Waals surface area contributed by atoms with E-state index in [2.05, 4.69) is 25.6 Å². The number of carbonyl (C=O) groups excluding carboxylic acids is 1. The maximum absolute atomic E-state index is 11.4. The molecule has 0 unspecified atom stereocenters. The Bertz CT molecular complexity index is 426. The Morgan fingerprint density at radius 1 is 1.26 bits per heavy atom. The summed E-state index contributed by atoms with van der Waals surface area (Å²) in [5.41, 5.74) is 0. The molecule has 8 heteroatoms. The molecule has 106 valence electrons. The van der Waals surface area contributed by atoms with Crippen LogP contribution in [-0.4, -0.2) is 48.0 Å². The number of hydrogen-bond donors (Lipinski definition) is 2. The van der Waals surface area contributed by atoms with Gasteiger partial charge in [-0.25, -0.2) is 0 Å². The van der Waals surface area contributed by atoms with Crippen molar-refractivity contribution in [1.29, 1.82) is 0 Å². The Balaban J connectivity index is 2.47. The van der Waals surface area contributed by atoms with Crippen molar-refractivity contribution in [1.82, 2.24) is 20.3 Å². The van der Waals surface area contributed by atoms with Crippen molar-refractivity contribution in [2.24, 2.45) is 0 Å². The van der Waals surface area contributed by atoms with E-state index in [9.17, 15) is 4.79 Å². The SMILES string of the molecule is CCCNC(=O)CCNc1nc(Cl)nc(N(C)C)n1. The van der Waals surface area contributed by atoms with Crippen molar-refractivity contribution in [2.75, 3.05) is 37.4 Å². The highest BCUT2D eigenvalue weighted by atomic mass is 35.5. The molecule has 1 aromatic rings. The second-order valence-electron chi connectivity index (χ2n) is 4.15. The summed E-state index contributed by atoms with van der Waals surface area (Å²) in [6.45, 7) is 3.15. The molecule has 0 saturated heterocycles. The van der Waals surface area contributed by atoms with E-state index in [1.54, 1.807) is 4.90 Å². The lowest BCUT2D eigenvalue weighted by molar-refractivity contribution is -0.120. The Morgan fingerprint density at radius 2 is 2.00 bits per heavy atom. The number of anilines is 2. The van der Waals surface area contributed by atoms with Crippen LogP contribution in [0.4, 0.5) is 11.9 Å². The first-order valence-electron chi connectivity index (χ1n) is 6.12. The fraction of sp³-hybridized carbons (Fsp3) is 0.636. The van der Waals surface area contributed by atoms with Gasteiger partial charge in [-0.15, -0.1) is 0 Å². The summed E-state index contributed by atoms with van der Waals surface area (Å²) < 4.78 is 0. The van der Waals surface area contributed by atoms with E-state index in [1.807, 2.05) is 21.0 Å². The Morgan fingerprint density at radius 3 is 2.63 bits per heavy atom. The number of aromatic nitrogens is 3. The minimum atomic E-state index is 0.00216. The van der Waals surface area contributed by atoms with Crippen molar-refractivity contribution in [3.05, 3.63) is 5.28 Å². The van der Waals surface area contributed by atoms with Gasteiger partial charge in [0.05, 0.1) is 0 Å². The highest BCUT2D eigenvalue weighted by Crippen LogP contribution is 2.11. The number of rotatable bonds is 7. The Hall–Kier alpha value is -1.63. The van der Waals surface area contributed by atoms with Crippen LogP contribution in [-0.2, 0) is 4.79 Å². The van der Waals surface area contributed by atoms with Crippen LogP contribution >= 0.6 is 11.6 Å². The molecule has 19 heavy (non-hydrogen) atoms. The number of nitrogens with zero attached hydrogens (tertiary/aromatic N) is 4. The van der Waals surface area contributed by atoms with E-state index >= 15 is 0 Å². The number of carbonyl (C=O) groups is 1. The van der Waals surface area contributed by atoms with Gasteiger partial charge < -0.3 is 15.5 Å². The lowest BCUT2D eigenvalue weighted by Crippen LogP contribution is -2.26. The smallest absolute Gasteiger partial charge is 0.230 e. The van der Waals surface area contributed by atoms with E-state index in [4.69, 9.17) is 11.6 Å². The zero-order valence-corrected chi connectivity index (χ0v) is 12.2. The van der Waals surface area contributed by atoms with Crippen molar-refractivity contribution in [3.63, 3.8) is 0 Å². The Labute approximate surface area is 117 Å². The molecule has 0 aliphatic heterocycles. The van der Waals surface area contributed by atoms with Gasteiger partial charge in [0, 0.05) is 33.6 Å². The molecule has 0 saturated carbocycles. The summed E-state index contributed by atoms with van der Waals surface area (Å²) in [6, 6.07) is 0. The maximum atomic E-state index is 11.4. The fourth-order valence-electron chi connectivity index (χ4n) is 1.26. The lowest BCUT2D eigenvalue weighted by atomic mass is 10.4. The molecule has 7 nitrogen and oxygen atoms in total. The molecule has 1 amide bonds. The van der Waals surface area contributed by atoms with E-state index < -0.39 is 0 Å². The topological polar surface area (TPSA) is 83.0 Å². The standard InChI is InChI=1S/C11H19ClN6O/c1-4-6-13-8(19)5-7-14-10-15-9(12)16-11(17-10)18(2)3/h4-7H2,1-3H3,(H,13,19)(H,14,15,16,17). The maximum Gasteiger partial charge on any atom is 0.230 e. The highest BCUT2D eigenvalue weighted by molar-refractivity contribution is 6.28. The van der Waals surface area contributed by atoms with Gasteiger partial charge in [-0.2, -0.15) is 15.0 Å². The van der Waals surface area contributed by atoms with E-state index in [1.165, 1.54) is 0 Å². The number of amides is 1. The van der Waals surface area contributed by atoms with E-state index in [0.29, 0.717) is 31.4 Å². The zero-order valence-electron chi connectivity index (χ0n) is 11.4. The Kier molecular flexibility index (Phi) is 6.27. The molecule has 1 aromatic heterocycles. The first kappa shape index (κ1) is 15.4. The summed E-state index contributed by atoms with van der Waals surface area (Å²) in [6.07, 6.45) is 1.29. The van der Waals surface area contributed by atoms with E-state index in [-0.39, 0.29) is 11.2 Å². The van der Waals surface area contributed by atoms with Gasteiger partial charge in [0.25, 0.3) is 0 Å². The molecular formula is C11H19ClN6O. The average Bonchev–Trinajstić information content (AvgIpc) is 2.35. The van der Waals surface area contributed by atoms with Crippen molar-refractivity contribution >= 4 is 29.4 Å². The number of hydrogen-bond acceptors (Lipinski definition) is 6. The summed E-state index contributed by atoms with van der Waals surface area (Å²) >= 11 is 5.80. The van der Waals surface area contributed by atoms with Gasteiger partial charge in [0.1, 0.15) is 0 Å². The zero-order chi connectivity index (χ0) is 14.3. The van der Waals surface area contributed by atoms with Crippen LogP contribution in [0.1, 0.15) is 19.8 Å². The lowest BCUT2D eigenvalue weighted by Gasteiger charge is -2.11. The minimum absolute atomic E-state index is 0.00216. The van der Waals surface area contributed by atoms with E-state index in [0.717, 1.165) is 6.42 Å². The van der Waals surface area contributed by atoms with Crippen LogP contribution in [0.3, 0.4) is 0 Å².